The van der Waals surface area contributed by atoms with Gasteiger partial charge in [0.1, 0.15) is 5.82 Å². The van der Waals surface area contributed by atoms with Crippen LogP contribution < -0.4 is 0 Å². The number of ether oxygens (including phenoxy) is 1. The zero-order chi connectivity index (χ0) is 20.2. The summed E-state index contributed by atoms with van der Waals surface area (Å²) in [6, 6.07) is 4.21. The fourth-order valence-electron chi connectivity index (χ4n) is 6.64. The molecule has 0 spiro atoms. The van der Waals surface area contributed by atoms with E-state index in [1.54, 1.807) is 0 Å². The van der Waals surface area contributed by atoms with Gasteiger partial charge in [-0.05, 0) is 104 Å². The molecule has 5 unspecified atom stereocenters. The predicted molar refractivity (Wildman–Crippen MR) is 119 cm³/mol. The van der Waals surface area contributed by atoms with Crippen LogP contribution in [0.4, 0.5) is 4.39 Å². The molecule has 0 aromatic heterocycles. The van der Waals surface area contributed by atoms with Gasteiger partial charge >= 0.3 is 0 Å². The number of unbranched alkanes of at least 4 members (excludes halogenated alkanes) is 3. The van der Waals surface area contributed by atoms with Crippen molar-refractivity contribution in [2.24, 2.45) is 17.8 Å². The molecule has 1 aromatic rings. The SMILES string of the molecule is CCCCCCC1CCc2cc(C3CCC4CC(OC)CCC4C3)c(F)cc2C1. The van der Waals surface area contributed by atoms with E-state index >= 15 is 4.39 Å². The zero-order valence-corrected chi connectivity index (χ0v) is 18.7. The Morgan fingerprint density at radius 2 is 1.76 bits per heavy atom. The maximum absolute atomic E-state index is 15.2. The standard InChI is InChI=1S/C27H41FO/c1-3-4-5-6-7-19-8-9-22-17-26(27(28)18-24(22)14-19)23-11-10-21-16-25(29-2)13-12-20(21)15-23/h17-21,23,25H,3-16H2,1-2H3. The van der Waals surface area contributed by atoms with Crippen LogP contribution in [0.15, 0.2) is 12.1 Å². The Balaban J connectivity index is 1.38. The van der Waals surface area contributed by atoms with Crippen molar-refractivity contribution in [1.29, 1.82) is 0 Å². The van der Waals surface area contributed by atoms with Crippen LogP contribution in [0, 0.1) is 23.6 Å². The van der Waals surface area contributed by atoms with E-state index in [1.807, 2.05) is 13.2 Å². The second kappa shape index (κ2) is 9.94. The van der Waals surface area contributed by atoms with E-state index < -0.39 is 0 Å². The van der Waals surface area contributed by atoms with E-state index in [2.05, 4.69) is 13.0 Å². The molecule has 0 N–H and O–H groups in total. The van der Waals surface area contributed by atoms with Gasteiger partial charge in [-0.3, -0.25) is 0 Å². The van der Waals surface area contributed by atoms with Gasteiger partial charge in [0.2, 0.25) is 0 Å². The van der Waals surface area contributed by atoms with Crippen molar-refractivity contribution >= 4 is 0 Å². The molecule has 3 aliphatic carbocycles. The summed E-state index contributed by atoms with van der Waals surface area (Å²) >= 11 is 0. The highest BCUT2D eigenvalue weighted by molar-refractivity contribution is 5.37. The van der Waals surface area contributed by atoms with Gasteiger partial charge in [0, 0.05) is 7.11 Å². The molecule has 3 aliphatic rings. The summed E-state index contributed by atoms with van der Waals surface area (Å²) in [4.78, 5) is 0. The Bertz CT molecular complexity index is 669. The van der Waals surface area contributed by atoms with Gasteiger partial charge < -0.3 is 4.74 Å². The summed E-state index contributed by atoms with van der Waals surface area (Å²) in [6.07, 6.45) is 18.0. The average molecular weight is 401 g/mol. The van der Waals surface area contributed by atoms with Crippen molar-refractivity contribution < 1.29 is 9.13 Å². The molecule has 0 heterocycles. The predicted octanol–water partition coefficient (Wildman–Crippen LogP) is 7.60. The normalized spacial score (nSPS) is 31.9. The highest BCUT2D eigenvalue weighted by Gasteiger charge is 2.37. The molecule has 1 aromatic carbocycles. The first-order valence-electron chi connectivity index (χ1n) is 12.5. The molecule has 162 valence electrons. The van der Waals surface area contributed by atoms with Gasteiger partial charge in [-0.25, -0.2) is 4.39 Å². The second-order valence-electron chi connectivity index (χ2n) is 10.3. The Morgan fingerprint density at radius 3 is 2.59 bits per heavy atom. The highest BCUT2D eigenvalue weighted by Crippen LogP contribution is 2.47. The van der Waals surface area contributed by atoms with Crippen LogP contribution in [-0.4, -0.2) is 13.2 Å². The van der Waals surface area contributed by atoms with Crippen LogP contribution in [0.5, 0.6) is 0 Å². The van der Waals surface area contributed by atoms with Gasteiger partial charge in [0.05, 0.1) is 6.10 Å². The number of benzene rings is 1. The van der Waals surface area contributed by atoms with Crippen LogP contribution >= 0.6 is 0 Å². The summed E-state index contributed by atoms with van der Waals surface area (Å²) in [5.74, 6) is 2.88. The lowest BCUT2D eigenvalue weighted by Gasteiger charge is -2.42. The Labute approximate surface area is 177 Å². The molecule has 0 bridgehead atoms. The molecule has 29 heavy (non-hydrogen) atoms. The van der Waals surface area contributed by atoms with E-state index in [0.29, 0.717) is 12.0 Å². The van der Waals surface area contributed by atoms with E-state index in [4.69, 9.17) is 4.74 Å². The molecule has 0 amide bonds. The van der Waals surface area contributed by atoms with Crippen molar-refractivity contribution in [2.75, 3.05) is 7.11 Å². The van der Waals surface area contributed by atoms with Crippen molar-refractivity contribution in [3.05, 3.63) is 34.6 Å². The third-order valence-electron chi connectivity index (χ3n) is 8.45. The monoisotopic (exact) mass is 400 g/mol. The molecule has 1 nitrogen and oxygen atoms in total. The number of aryl methyl sites for hydroxylation is 1. The molecule has 0 saturated heterocycles. The zero-order valence-electron chi connectivity index (χ0n) is 18.7. The number of methoxy groups -OCH3 is 1. The van der Waals surface area contributed by atoms with E-state index in [-0.39, 0.29) is 5.82 Å². The number of rotatable bonds is 7. The molecular formula is C27H41FO. The largest absolute Gasteiger partial charge is 0.381 e. The summed E-state index contributed by atoms with van der Waals surface area (Å²) in [5, 5.41) is 0. The molecule has 2 heteroatoms. The Hall–Kier alpha value is -0.890. The third kappa shape index (κ3) is 5.06. The lowest BCUT2D eigenvalue weighted by atomic mass is 9.65. The summed E-state index contributed by atoms with van der Waals surface area (Å²) in [6.45, 7) is 2.27. The first-order chi connectivity index (χ1) is 14.2. The Morgan fingerprint density at radius 1 is 0.931 bits per heavy atom. The van der Waals surface area contributed by atoms with Crippen molar-refractivity contribution in [1.82, 2.24) is 0 Å². The second-order valence-corrected chi connectivity index (χ2v) is 10.3. The Kier molecular flexibility index (Phi) is 7.32. The van der Waals surface area contributed by atoms with Crippen molar-refractivity contribution in [2.45, 2.75) is 109 Å². The average Bonchev–Trinajstić information content (AvgIpc) is 2.75. The highest BCUT2D eigenvalue weighted by atomic mass is 19.1. The van der Waals surface area contributed by atoms with Crippen LogP contribution in [0.1, 0.15) is 107 Å². The fraction of sp³-hybridized carbons (Fsp3) is 0.778. The number of hydrogen-bond donors (Lipinski definition) is 0. The van der Waals surface area contributed by atoms with Gasteiger partial charge in [-0.15, -0.1) is 0 Å². The molecular weight excluding hydrogens is 359 g/mol. The van der Waals surface area contributed by atoms with Gasteiger partial charge in [-0.2, -0.15) is 0 Å². The van der Waals surface area contributed by atoms with Crippen molar-refractivity contribution in [3.63, 3.8) is 0 Å². The van der Waals surface area contributed by atoms with Gasteiger partial charge in [0.25, 0.3) is 0 Å². The summed E-state index contributed by atoms with van der Waals surface area (Å²) in [7, 11) is 1.86. The molecule has 0 radical (unpaired) electrons. The minimum atomic E-state index is 0.0874. The quantitative estimate of drug-likeness (QED) is 0.428. The maximum atomic E-state index is 15.2. The van der Waals surface area contributed by atoms with E-state index in [1.165, 1.54) is 81.8 Å². The molecule has 2 saturated carbocycles. The van der Waals surface area contributed by atoms with Crippen molar-refractivity contribution in [3.8, 4) is 0 Å². The van der Waals surface area contributed by atoms with Crippen LogP contribution in [0.25, 0.3) is 0 Å². The van der Waals surface area contributed by atoms with Gasteiger partial charge in [0.15, 0.2) is 0 Å². The van der Waals surface area contributed by atoms with Crippen LogP contribution in [-0.2, 0) is 17.6 Å². The lowest BCUT2D eigenvalue weighted by Crippen LogP contribution is -2.33. The summed E-state index contributed by atoms with van der Waals surface area (Å²) in [5.41, 5.74) is 3.81. The third-order valence-corrected chi connectivity index (χ3v) is 8.45. The van der Waals surface area contributed by atoms with Crippen LogP contribution in [0.2, 0.25) is 0 Å². The molecule has 5 atom stereocenters. The van der Waals surface area contributed by atoms with Crippen LogP contribution in [0.3, 0.4) is 0 Å². The van der Waals surface area contributed by atoms with E-state index in [9.17, 15) is 0 Å². The fourth-order valence-corrected chi connectivity index (χ4v) is 6.64. The van der Waals surface area contributed by atoms with E-state index in [0.717, 1.165) is 42.6 Å². The molecule has 4 rings (SSSR count). The topological polar surface area (TPSA) is 9.23 Å². The maximum Gasteiger partial charge on any atom is 0.126 e. The summed E-state index contributed by atoms with van der Waals surface area (Å²) < 4.78 is 20.8. The first kappa shape index (κ1) is 21.3. The number of fused-ring (bicyclic) bond motifs is 2. The van der Waals surface area contributed by atoms with Gasteiger partial charge in [-0.1, -0.05) is 45.1 Å². The molecule has 2 fully saturated rings. The lowest BCUT2D eigenvalue weighted by molar-refractivity contribution is 0.0121. The minimum absolute atomic E-state index is 0.0874. The smallest absolute Gasteiger partial charge is 0.126 e. The molecule has 0 aliphatic heterocycles. The number of hydrogen-bond acceptors (Lipinski definition) is 1. The first-order valence-corrected chi connectivity index (χ1v) is 12.5. The number of halogens is 1. The minimum Gasteiger partial charge on any atom is -0.381 e.